The third-order valence-electron chi connectivity index (χ3n) is 3.01. The number of likely N-dealkylation sites (N-methyl/N-ethyl adjacent to an activating group) is 1. The second-order valence-corrected chi connectivity index (χ2v) is 4.85. The molecule has 8 heteroatoms. The molecule has 0 aliphatic rings. The van der Waals surface area contributed by atoms with E-state index in [9.17, 15) is 18.4 Å². The van der Waals surface area contributed by atoms with Crippen LogP contribution in [0.1, 0.15) is 23.0 Å². The van der Waals surface area contributed by atoms with Crippen LogP contribution in [-0.4, -0.2) is 35.0 Å². The van der Waals surface area contributed by atoms with Crippen LogP contribution in [0.25, 0.3) is 0 Å². The standard InChI is InChI=1S/C15H15F2N3O3/c1-3-20(8-14(21)18-13-4-9(2)23-19-13)15(22)10-5-11(16)7-12(17)6-10/h4-7H,3,8H2,1-2H3,(H,18,19,21). The SMILES string of the molecule is CCN(CC(=O)Nc1cc(C)on1)C(=O)c1cc(F)cc(F)c1. The summed E-state index contributed by atoms with van der Waals surface area (Å²) >= 11 is 0. The maximum absolute atomic E-state index is 13.2. The quantitative estimate of drug-likeness (QED) is 0.916. The number of aromatic nitrogens is 1. The molecule has 0 bridgehead atoms. The molecule has 2 aromatic rings. The maximum atomic E-state index is 13.2. The summed E-state index contributed by atoms with van der Waals surface area (Å²) in [6.07, 6.45) is 0. The van der Waals surface area contributed by atoms with Crippen LogP contribution in [0, 0.1) is 18.6 Å². The zero-order chi connectivity index (χ0) is 17.0. The second-order valence-electron chi connectivity index (χ2n) is 4.85. The number of nitrogens with zero attached hydrogens (tertiary/aromatic N) is 2. The van der Waals surface area contributed by atoms with E-state index in [0.29, 0.717) is 11.8 Å². The minimum Gasteiger partial charge on any atom is -0.360 e. The van der Waals surface area contributed by atoms with Crippen molar-refractivity contribution in [3.8, 4) is 0 Å². The van der Waals surface area contributed by atoms with E-state index in [2.05, 4.69) is 10.5 Å². The van der Waals surface area contributed by atoms with Crippen molar-refractivity contribution in [2.45, 2.75) is 13.8 Å². The van der Waals surface area contributed by atoms with Gasteiger partial charge in [0.25, 0.3) is 5.91 Å². The van der Waals surface area contributed by atoms with Crippen molar-refractivity contribution in [2.24, 2.45) is 0 Å². The number of carbonyl (C=O) groups is 2. The number of hydrogen-bond donors (Lipinski definition) is 1. The van der Waals surface area contributed by atoms with Gasteiger partial charge in [0.15, 0.2) is 5.82 Å². The summed E-state index contributed by atoms with van der Waals surface area (Å²) in [6.45, 7) is 3.24. The average molecular weight is 323 g/mol. The molecule has 122 valence electrons. The van der Waals surface area contributed by atoms with E-state index in [4.69, 9.17) is 4.52 Å². The number of carbonyl (C=O) groups excluding carboxylic acids is 2. The van der Waals surface area contributed by atoms with Gasteiger partial charge in [-0.05, 0) is 26.0 Å². The molecule has 0 saturated heterocycles. The van der Waals surface area contributed by atoms with Gasteiger partial charge in [0.2, 0.25) is 5.91 Å². The molecule has 2 rings (SSSR count). The highest BCUT2D eigenvalue weighted by atomic mass is 19.1. The summed E-state index contributed by atoms with van der Waals surface area (Å²) in [5.74, 6) is -2.09. The van der Waals surface area contributed by atoms with Crippen LogP contribution in [-0.2, 0) is 4.79 Å². The van der Waals surface area contributed by atoms with E-state index in [0.717, 1.165) is 17.0 Å². The summed E-state index contributed by atoms with van der Waals surface area (Å²) in [5, 5.41) is 6.08. The molecule has 0 atom stereocenters. The summed E-state index contributed by atoms with van der Waals surface area (Å²) in [7, 11) is 0. The fourth-order valence-corrected chi connectivity index (χ4v) is 1.97. The number of aryl methyl sites for hydroxylation is 1. The van der Waals surface area contributed by atoms with Gasteiger partial charge in [0.1, 0.15) is 23.9 Å². The van der Waals surface area contributed by atoms with Crippen molar-refractivity contribution in [1.29, 1.82) is 0 Å². The summed E-state index contributed by atoms with van der Waals surface area (Å²) < 4.78 is 31.2. The van der Waals surface area contributed by atoms with E-state index in [1.165, 1.54) is 6.07 Å². The molecule has 1 N–H and O–H groups in total. The molecule has 0 aliphatic heterocycles. The molecular weight excluding hydrogens is 308 g/mol. The molecule has 0 fully saturated rings. The van der Waals surface area contributed by atoms with Gasteiger partial charge in [-0.1, -0.05) is 5.16 Å². The fraction of sp³-hybridized carbons (Fsp3) is 0.267. The molecule has 0 saturated carbocycles. The lowest BCUT2D eigenvalue weighted by molar-refractivity contribution is -0.116. The molecule has 0 radical (unpaired) electrons. The number of hydrogen-bond acceptors (Lipinski definition) is 4. The Morgan fingerprint density at radius 2 is 1.87 bits per heavy atom. The first-order chi connectivity index (χ1) is 10.9. The van der Waals surface area contributed by atoms with E-state index in [1.807, 2.05) is 0 Å². The maximum Gasteiger partial charge on any atom is 0.254 e. The summed E-state index contributed by atoms with van der Waals surface area (Å²) in [4.78, 5) is 25.3. The number of nitrogens with one attached hydrogen (secondary N) is 1. The van der Waals surface area contributed by atoms with Gasteiger partial charge >= 0.3 is 0 Å². The molecule has 2 amide bonds. The van der Waals surface area contributed by atoms with E-state index in [1.54, 1.807) is 13.8 Å². The van der Waals surface area contributed by atoms with Crippen molar-refractivity contribution in [1.82, 2.24) is 10.1 Å². The monoisotopic (exact) mass is 323 g/mol. The Hall–Kier alpha value is -2.77. The van der Waals surface area contributed by atoms with Crippen molar-refractivity contribution in [3.05, 3.63) is 47.2 Å². The van der Waals surface area contributed by atoms with Crippen molar-refractivity contribution in [2.75, 3.05) is 18.4 Å². The van der Waals surface area contributed by atoms with Crippen LogP contribution in [0.3, 0.4) is 0 Å². The Morgan fingerprint density at radius 1 is 1.22 bits per heavy atom. The molecule has 0 unspecified atom stereocenters. The summed E-state index contributed by atoms with van der Waals surface area (Å²) in [6, 6.07) is 4.05. The Morgan fingerprint density at radius 3 is 2.39 bits per heavy atom. The average Bonchev–Trinajstić information content (AvgIpc) is 2.88. The van der Waals surface area contributed by atoms with E-state index >= 15 is 0 Å². The molecule has 1 aromatic heterocycles. The summed E-state index contributed by atoms with van der Waals surface area (Å²) in [5.41, 5.74) is -0.158. The number of benzene rings is 1. The zero-order valence-corrected chi connectivity index (χ0v) is 12.6. The predicted molar refractivity (Wildman–Crippen MR) is 77.8 cm³/mol. The van der Waals surface area contributed by atoms with E-state index < -0.39 is 23.4 Å². The number of rotatable bonds is 5. The Bertz CT molecular complexity index is 710. The van der Waals surface area contributed by atoms with Gasteiger partial charge in [0, 0.05) is 24.2 Å². The minimum atomic E-state index is -0.855. The fourth-order valence-electron chi connectivity index (χ4n) is 1.97. The second kappa shape index (κ2) is 6.99. The number of anilines is 1. The first-order valence-electron chi connectivity index (χ1n) is 6.87. The van der Waals surface area contributed by atoms with Gasteiger partial charge in [-0.3, -0.25) is 9.59 Å². The Labute approximate surface area is 131 Å². The highest BCUT2D eigenvalue weighted by Gasteiger charge is 2.19. The van der Waals surface area contributed by atoms with Gasteiger partial charge in [-0.15, -0.1) is 0 Å². The van der Waals surface area contributed by atoms with Crippen LogP contribution in [0.5, 0.6) is 0 Å². The highest BCUT2D eigenvalue weighted by Crippen LogP contribution is 2.11. The molecule has 0 spiro atoms. The smallest absolute Gasteiger partial charge is 0.254 e. The Kier molecular flexibility index (Phi) is 5.05. The van der Waals surface area contributed by atoms with Crippen LogP contribution >= 0.6 is 0 Å². The first kappa shape index (κ1) is 16.6. The molecule has 0 aliphatic carbocycles. The van der Waals surface area contributed by atoms with Crippen molar-refractivity contribution < 1.29 is 22.9 Å². The number of amides is 2. The molecular formula is C15H15F2N3O3. The molecule has 1 heterocycles. The third-order valence-corrected chi connectivity index (χ3v) is 3.01. The van der Waals surface area contributed by atoms with Crippen molar-refractivity contribution in [3.63, 3.8) is 0 Å². The lowest BCUT2D eigenvalue weighted by Gasteiger charge is -2.20. The van der Waals surface area contributed by atoms with Crippen LogP contribution in [0.2, 0.25) is 0 Å². The molecule has 23 heavy (non-hydrogen) atoms. The number of halogens is 2. The van der Waals surface area contributed by atoms with Crippen LogP contribution in [0.15, 0.2) is 28.8 Å². The highest BCUT2D eigenvalue weighted by molar-refractivity contribution is 5.99. The normalized spacial score (nSPS) is 10.4. The van der Waals surface area contributed by atoms with Crippen LogP contribution in [0.4, 0.5) is 14.6 Å². The van der Waals surface area contributed by atoms with Gasteiger partial charge in [-0.25, -0.2) is 8.78 Å². The lowest BCUT2D eigenvalue weighted by atomic mass is 10.2. The molecule has 6 nitrogen and oxygen atoms in total. The Balaban J connectivity index is 2.06. The van der Waals surface area contributed by atoms with Crippen molar-refractivity contribution >= 4 is 17.6 Å². The van der Waals surface area contributed by atoms with Gasteiger partial charge in [0.05, 0.1) is 0 Å². The molecule has 1 aromatic carbocycles. The lowest BCUT2D eigenvalue weighted by Crippen LogP contribution is -2.38. The topological polar surface area (TPSA) is 75.4 Å². The minimum absolute atomic E-state index is 0.158. The van der Waals surface area contributed by atoms with E-state index in [-0.39, 0.29) is 24.5 Å². The van der Waals surface area contributed by atoms with Gasteiger partial charge < -0.3 is 14.7 Å². The third kappa shape index (κ3) is 4.35. The van der Waals surface area contributed by atoms with Crippen LogP contribution < -0.4 is 5.32 Å². The largest absolute Gasteiger partial charge is 0.360 e. The predicted octanol–water partition coefficient (Wildman–Crippen LogP) is 2.36. The zero-order valence-electron chi connectivity index (χ0n) is 12.6. The van der Waals surface area contributed by atoms with Gasteiger partial charge in [-0.2, -0.15) is 0 Å². The first-order valence-corrected chi connectivity index (χ1v) is 6.87.